The molecule has 1 aromatic heterocycles. The molecule has 0 amide bonds. The highest BCUT2D eigenvalue weighted by atomic mass is 32.2. The average molecular weight is 225 g/mol. The van der Waals surface area contributed by atoms with Crippen LogP contribution in [0.5, 0.6) is 5.75 Å². The van der Waals surface area contributed by atoms with E-state index in [0.717, 1.165) is 6.07 Å². The molecule has 1 aromatic carbocycles. The zero-order valence-electron chi connectivity index (χ0n) is 7.45. The van der Waals surface area contributed by atoms with Gasteiger partial charge in [-0.25, -0.2) is 0 Å². The number of phenolic OH excluding ortho intramolecular Hbond substituents is 1. The van der Waals surface area contributed by atoms with Crippen molar-refractivity contribution in [2.24, 2.45) is 0 Å². The number of phenols is 1. The molecular formula is C9H7NO4S. The molecule has 0 saturated heterocycles. The number of fused-ring (bicyclic) bond motifs is 1. The highest BCUT2D eigenvalue weighted by Crippen LogP contribution is 2.27. The first-order valence-electron chi connectivity index (χ1n) is 4.04. The van der Waals surface area contributed by atoms with Gasteiger partial charge in [-0.2, -0.15) is 8.42 Å². The Morgan fingerprint density at radius 1 is 1.20 bits per heavy atom. The summed E-state index contributed by atoms with van der Waals surface area (Å²) >= 11 is 0. The molecule has 0 aliphatic rings. The van der Waals surface area contributed by atoms with Gasteiger partial charge < -0.3 is 5.11 Å². The lowest BCUT2D eigenvalue weighted by Gasteiger charge is -2.03. The van der Waals surface area contributed by atoms with Gasteiger partial charge in [-0.1, -0.05) is 0 Å². The lowest BCUT2D eigenvalue weighted by molar-refractivity contribution is 0.479. The second kappa shape index (κ2) is 3.18. The first kappa shape index (κ1) is 9.88. The Hall–Kier alpha value is -1.66. The second-order valence-electron chi connectivity index (χ2n) is 2.96. The lowest BCUT2D eigenvalue weighted by Crippen LogP contribution is -1.99. The molecule has 15 heavy (non-hydrogen) atoms. The fourth-order valence-electron chi connectivity index (χ4n) is 1.34. The molecule has 0 fully saturated rings. The summed E-state index contributed by atoms with van der Waals surface area (Å²) in [5, 5.41) is 9.73. The largest absolute Gasteiger partial charge is 0.507 e. The normalized spacial score (nSPS) is 11.8. The Bertz CT molecular complexity index is 621. The van der Waals surface area contributed by atoms with Crippen LogP contribution in [0.25, 0.3) is 10.9 Å². The Morgan fingerprint density at radius 2 is 1.93 bits per heavy atom. The standard InChI is InChI=1S/C9H7NO4S/c11-7-3-4-8(15(12,13)14)9-6(7)2-1-5-10-9/h1-5,11H,(H,12,13,14). The summed E-state index contributed by atoms with van der Waals surface area (Å²) < 4.78 is 30.9. The molecule has 2 aromatic rings. The predicted molar refractivity (Wildman–Crippen MR) is 53.2 cm³/mol. The van der Waals surface area contributed by atoms with E-state index in [0.29, 0.717) is 0 Å². The SMILES string of the molecule is O=S(=O)(O)c1ccc(O)c2cccnc12. The van der Waals surface area contributed by atoms with Crippen LogP contribution in [0.4, 0.5) is 0 Å². The summed E-state index contributed by atoms with van der Waals surface area (Å²) in [7, 11) is -4.32. The maximum Gasteiger partial charge on any atom is 0.296 e. The molecule has 0 spiro atoms. The van der Waals surface area contributed by atoms with Crippen molar-refractivity contribution >= 4 is 21.0 Å². The molecule has 2 rings (SSSR count). The van der Waals surface area contributed by atoms with E-state index in [-0.39, 0.29) is 21.5 Å². The lowest BCUT2D eigenvalue weighted by atomic mass is 10.2. The van der Waals surface area contributed by atoms with Gasteiger partial charge in [0.1, 0.15) is 10.6 Å². The van der Waals surface area contributed by atoms with Gasteiger partial charge >= 0.3 is 0 Å². The van der Waals surface area contributed by atoms with Crippen LogP contribution in [-0.4, -0.2) is 23.1 Å². The van der Waals surface area contributed by atoms with Crippen LogP contribution in [0.15, 0.2) is 35.4 Å². The average Bonchev–Trinajstić information content (AvgIpc) is 2.17. The molecule has 0 aliphatic carbocycles. The number of aromatic hydroxyl groups is 1. The van der Waals surface area contributed by atoms with E-state index in [4.69, 9.17) is 4.55 Å². The first-order valence-corrected chi connectivity index (χ1v) is 5.48. The number of hydrogen-bond acceptors (Lipinski definition) is 4. The molecule has 0 unspecified atom stereocenters. The van der Waals surface area contributed by atoms with Gasteiger partial charge in [-0.15, -0.1) is 0 Å². The van der Waals surface area contributed by atoms with Gasteiger partial charge in [0, 0.05) is 11.6 Å². The van der Waals surface area contributed by atoms with Crippen LogP contribution < -0.4 is 0 Å². The van der Waals surface area contributed by atoms with Gasteiger partial charge in [0.2, 0.25) is 0 Å². The fraction of sp³-hybridized carbons (Fsp3) is 0. The van der Waals surface area contributed by atoms with Gasteiger partial charge in [-0.3, -0.25) is 9.54 Å². The van der Waals surface area contributed by atoms with E-state index in [9.17, 15) is 13.5 Å². The van der Waals surface area contributed by atoms with E-state index in [1.807, 2.05) is 0 Å². The van der Waals surface area contributed by atoms with Crippen LogP contribution in [0.1, 0.15) is 0 Å². The Labute approximate surface area is 85.8 Å². The van der Waals surface area contributed by atoms with Crippen LogP contribution in [-0.2, 0) is 10.1 Å². The summed E-state index contributed by atoms with van der Waals surface area (Å²) in [4.78, 5) is 3.50. The number of nitrogens with zero attached hydrogens (tertiary/aromatic N) is 1. The zero-order valence-corrected chi connectivity index (χ0v) is 8.27. The van der Waals surface area contributed by atoms with Gasteiger partial charge in [0.15, 0.2) is 0 Å². The third kappa shape index (κ3) is 1.64. The molecule has 0 bridgehead atoms. The summed E-state index contributed by atoms with van der Waals surface area (Å²) in [6.07, 6.45) is 1.39. The summed E-state index contributed by atoms with van der Waals surface area (Å²) in [5.74, 6) is -0.0782. The molecule has 78 valence electrons. The van der Waals surface area contributed by atoms with E-state index in [2.05, 4.69) is 4.98 Å². The predicted octanol–water partition coefficient (Wildman–Crippen LogP) is 1.19. The maximum absolute atomic E-state index is 11.0. The minimum absolute atomic E-state index is 0.0556. The van der Waals surface area contributed by atoms with E-state index < -0.39 is 10.1 Å². The van der Waals surface area contributed by atoms with Crippen molar-refractivity contribution in [2.45, 2.75) is 4.90 Å². The van der Waals surface area contributed by atoms with Crippen molar-refractivity contribution in [3.63, 3.8) is 0 Å². The van der Waals surface area contributed by atoms with Crippen molar-refractivity contribution in [1.29, 1.82) is 0 Å². The van der Waals surface area contributed by atoms with Crippen LogP contribution in [0, 0.1) is 0 Å². The molecule has 0 saturated carbocycles. The van der Waals surface area contributed by atoms with Crippen molar-refractivity contribution in [3.05, 3.63) is 30.5 Å². The highest BCUT2D eigenvalue weighted by Gasteiger charge is 2.16. The summed E-state index contributed by atoms with van der Waals surface area (Å²) in [6, 6.07) is 5.40. The number of aromatic nitrogens is 1. The number of pyridine rings is 1. The quantitative estimate of drug-likeness (QED) is 0.712. The molecule has 1 heterocycles. The number of benzene rings is 1. The van der Waals surface area contributed by atoms with E-state index in [1.54, 1.807) is 6.07 Å². The third-order valence-electron chi connectivity index (χ3n) is 1.99. The topological polar surface area (TPSA) is 87.5 Å². The van der Waals surface area contributed by atoms with Crippen molar-refractivity contribution in [3.8, 4) is 5.75 Å². The van der Waals surface area contributed by atoms with Crippen molar-refractivity contribution in [1.82, 2.24) is 4.98 Å². The van der Waals surface area contributed by atoms with Crippen molar-refractivity contribution < 1.29 is 18.1 Å². The minimum Gasteiger partial charge on any atom is -0.507 e. The van der Waals surface area contributed by atoms with E-state index >= 15 is 0 Å². The fourth-order valence-corrected chi connectivity index (χ4v) is 1.99. The second-order valence-corrected chi connectivity index (χ2v) is 4.35. The Balaban J connectivity index is 2.96. The van der Waals surface area contributed by atoms with Crippen LogP contribution in [0.3, 0.4) is 0 Å². The highest BCUT2D eigenvalue weighted by molar-refractivity contribution is 7.86. The number of hydrogen-bond donors (Lipinski definition) is 2. The molecule has 6 heteroatoms. The molecule has 0 radical (unpaired) electrons. The van der Waals surface area contributed by atoms with Crippen LogP contribution >= 0.6 is 0 Å². The van der Waals surface area contributed by atoms with E-state index in [1.165, 1.54) is 18.3 Å². The number of rotatable bonds is 1. The molecular weight excluding hydrogens is 218 g/mol. The van der Waals surface area contributed by atoms with Gasteiger partial charge in [0.05, 0.1) is 5.52 Å². The van der Waals surface area contributed by atoms with Gasteiger partial charge in [0.25, 0.3) is 10.1 Å². The zero-order chi connectivity index (χ0) is 11.1. The third-order valence-corrected chi connectivity index (χ3v) is 2.87. The molecule has 0 atom stereocenters. The minimum atomic E-state index is -4.32. The molecule has 5 nitrogen and oxygen atoms in total. The maximum atomic E-state index is 11.0. The van der Waals surface area contributed by atoms with Gasteiger partial charge in [-0.05, 0) is 24.3 Å². The summed E-state index contributed by atoms with van der Waals surface area (Å²) in [6.45, 7) is 0. The molecule has 2 N–H and O–H groups in total. The van der Waals surface area contributed by atoms with Crippen molar-refractivity contribution in [2.75, 3.05) is 0 Å². The Kier molecular flexibility index (Phi) is 2.09. The first-order chi connectivity index (χ1) is 7.00. The van der Waals surface area contributed by atoms with Crippen LogP contribution in [0.2, 0.25) is 0 Å². The smallest absolute Gasteiger partial charge is 0.296 e. The monoisotopic (exact) mass is 225 g/mol. The molecule has 0 aliphatic heterocycles. The Morgan fingerprint density at radius 3 is 2.60 bits per heavy atom. The summed E-state index contributed by atoms with van der Waals surface area (Å²) in [5.41, 5.74) is 0.0556.